The standard InChI is InChI=1S/C15H18N2/c1-2-4-11-5-3-6-12-13(16)9-14(10-7-8-10)17-15(11)12/h3,5-6,9-10H,2,4,7-8H2,1H3,(H2,16,17). The maximum atomic E-state index is 6.15. The molecule has 0 amide bonds. The molecule has 0 spiro atoms. The fraction of sp³-hybridized carbons (Fsp3) is 0.400. The van der Waals surface area contributed by atoms with Crippen molar-refractivity contribution < 1.29 is 0 Å². The molecule has 2 nitrogen and oxygen atoms in total. The summed E-state index contributed by atoms with van der Waals surface area (Å²) in [5.41, 5.74) is 10.7. The van der Waals surface area contributed by atoms with Gasteiger partial charge in [0.2, 0.25) is 0 Å². The van der Waals surface area contributed by atoms with Gasteiger partial charge < -0.3 is 5.73 Å². The number of aryl methyl sites for hydroxylation is 1. The largest absolute Gasteiger partial charge is 0.398 e. The zero-order chi connectivity index (χ0) is 11.8. The molecule has 17 heavy (non-hydrogen) atoms. The summed E-state index contributed by atoms with van der Waals surface area (Å²) in [5, 5.41) is 1.11. The van der Waals surface area contributed by atoms with E-state index in [1.165, 1.54) is 24.1 Å². The lowest BCUT2D eigenvalue weighted by Gasteiger charge is -2.09. The highest BCUT2D eigenvalue weighted by atomic mass is 14.7. The Morgan fingerprint density at radius 3 is 2.88 bits per heavy atom. The average molecular weight is 226 g/mol. The summed E-state index contributed by atoms with van der Waals surface area (Å²) in [5.74, 6) is 0.663. The molecule has 0 atom stereocenters. The predicted molar refractivity (Wildman–Crippen MR) is 72.1 cm³/mol. The highest BCUT2D eigenvalue weighted by Gasteiger charge is 2.25. The Morgan fingerprint density at radius 1 is 1.35 bits per heavy atom. The number of anilines is 1. The van der Waals surface area contributed by atoms with Crippen LogP contribution in [0, 0.1) is 0 Å². The van der Waals surface area contributed by atoms with Crippen LogP contribution >= 0.6 is 0 Å². The third-order valence-electron chi connectivity index (χ3n) is 3.49. The van der Waals surface area contributed by atoms with Crippen molar-refractivity contribution in [3.63, 3.8) is 0 Å². The monoisotopic (exact) mass is 226 g/mol. The lowest BCUT2D eigenvalue weighted by atomic mass is 10.0. The number of hydrogen-bond donors (Lipinski definition) is 1. The fourth-order valence-corrected chi connectivity index (χ4v) is 2.41. The molecule has 1 fully saturated rings. The van der Waals surface area contributed by atoms with Crippen molar-refractivity contribution in [1.82, 2.24) is 4.98 Å². The summed E-state index contributed by atoms with van der Waals surface area (Å²) in [6.45, 7) is 2.20. The first-order valence-electron chi connectivity index (χ1n) is 6.47. The number of benzene rings is 1. The molecule has 0 aliphatic heterocycles. The molecule has 0 bridgehead atoms. The first-order valence-corrected chi connectivity index (χ1v) is 6.47. The van der Waals surface area contributed by atoms with Gasteiger partial charge in [-0.1, -0.05) is 31.5 Å². The molecule has 2 aromatic rings. The molecule has 2 N–H and O–H groups in total. The summed E-state index contributed by atoms with van der Waals surface area (Å²) < 4.78 is 0. The zero-order valence-electron chi connectivity index (χ0n) is 10.2. The van der Waals surface area contributed by atoms with E-state index in [0.717, 1.165) is 29.4 Å². The second-order valence-corrected chi connectivity index (χ2v) is 4.97. The number of hydrogen-bond acceptors (Lipinski definition) is 2. The smallest absolute Gasteiger partial charge is 0.0758 e. The Labute approximate surface area is 102 Å². The highest BCUT2D eigenvalue weighted by Crippen LogP contribution is 2.41. The van der Waals surface area contributed by atoms with E-state index in [1.54, 1.807) is 0 Å². The van der Waals surface area contributed by atoms with Crippen molar-refractivity contribution in [3.05, 3.63) is 35.5 Å². The van der Waals surface area contributed by atoms with Gasteiger partial charge in [-0.25, -0.2) is 0 Å². The van der Waals surface area contributed by atoms with Crippen LogP contribution in [0.5, 0.6) is 0 Å². The minimum absolute atomic E-state index is 0.663. The zero-order valence-corrected chi connectivity index (χ0v) is 10.2. The maximum absolute atomic E-state index is 6.15. The predicted octanol–water partition coefficient (Wildman–Crippen LogP) is 3.65. The number of fused-ring (bicyclic) bond motifs is 1. The Kier molecular flexibility index (Phi) is 2.50. The van der Waals surface area contributed by atoms with Gasteiger partial charge in [-0.3, -0.25) is 4.98 Å². The van der Waals surface area contributed by atoms with Crippen LogP contribution in [-0.4, -0.2) is 4.98 Å². The minimum atomic E-state index is 0.663. The molecule has 3 rings (SSSR count). The van der Waals surface area contributed by atoms with Gasteiger partial charge in [0.05, 0.1) is 5.52 Å². The molecule has 1 aliphatic rings. The quantitative estimate of drug-likeness (QED) is 0.867. The number of nitrogen functional groups attached to an aromatic ring is 1. The number of para-hydroxylation sites is 1. The summed E-state index contributed by atoms with van der Waals surface area (Å²) in [4.78, 5) is 4.84. The van der Waals surface area contributed by atoms with Crippen LogP contribution in [-0.2, 0) is 6.42 Å². The van der Waals surface area contributed by atoms with Crippen molar-refractivity contribution >= 4 is 16.6 Å². The van der Waals surface area contributed by atoms with E-state index in [1.807, 2.05) is 0 Å². The average Bonchev–Trinajstić information content (AvgIpc) is 3.14. The van der Waals surface area contributed by atoms with Crippen molar-refractivity contribution in [3.8, 4) is 0 Å². The Bertz CT molecular complexity index is 556. The Balaban J connectivity index is 2.21. The molecule has 1 aromatic carbocycles. The maximum Gasteiger partial charge on any atom is 0.0758 e. The van der Waals surface area contributed by atoms with Crippen LogP contribution < -0.4 is 5.73 Å². The van der Waals surface area contributed by atoms with E-state index in [4.69, 9.17) is 10.7 Å². The van der Waals surface area contributed by atoms with Crippen molar-refractivity contribution in [1.29, 1.82) is 0 Å². The third-order valence-corrected chi connectivity index (χ3v) is 3.49. The van der Waals surface area contributed by atoms with Gasteiger partial charge in [0.15, 0.2) is 0 Å². The molecule has 88 valence electrons. The van der Waals surface area contributed by atoms with Crippen LogP contribution in [0.3, 0.4) is 0 Å². The number of rotatable bonds is 3. The van der Waals surface area contributed by atoms with Crippen molar-refractivity contribution in [2.75, 3.05) is 5.73 Å². The van der Waals surface area contributed by atoms with Gasteiger partial charge in [-0.15, -0.1) is 0 Å². The van der Waals surface area contributed by atoms with Gasteiger partial charge in [0.1, 0.15) is 0 Å². The van der Waals surface area contributed by atoms with Crippen LogP contribution in [0.1, 0.15) is 43.4 Å². The lowest BCUT2D eigenvalue weighted by Crippen LogP contribution is -1.97. The summed E-state index contributed by atoms with van der Waals surface area (Å²) in [6.07, 6.45) is 4.77. The molecule has 0 unspecified atom stereocenters. The number of pyridine rings is 1. The number of nitrogens with two attached hydrogens (primary N) is 1. The van der Waals surface area contributed by atoms with Gasteiger partial charge >= 0.3 is 0 Å². The molecule has 0 saturated heterocycles. The third kappa shape index (κ3) is 1.88. The Hall–Kier alpha value is -1.57. The number of nitrogens with zero attached hydrogens (tertiary/aromatic N) is 1. The van der Waals surface area contributed by atoms with Crippen LogP contribution in [0.15, 0.2) is 24.3 Å². The van der Waals surface area contributed by atoms with Gasteiger partial charge in [0, 0.05) is 22.7 Å². The topological polar surface area (TPSA) is 38.9 Å². The van der Waals surface area contributed by atoms with Crippen LogP contribution in [0.4, 0.5) is 5.69 Å². The van der Waals surface area contributed by atoms with Gasteiger partial charge in [0.25, 0.3) is 0 Å². The second kappa shape index (κ2) is 4.02. The molecule has 1 saturated carbocycles. The summed E-state index contributed by atoms with van der Waals surface area (Å²) in [6, 6.07) is 8.40. The van der Waals surface area contributed by atoms with Crippen LogP contribution in [0.25, 0.3) is 10.9 Å². The van der Waals surface area contributed by atoms with Gasteiger partial charge in [-0.2, -0.15) is 0 Å². The molecule has 0 radical (unpaired) electrons. The molecule has 1 aliphatic carbocycles. The molecule has 1 heterocycles. The van der Waals surface area contributed by atoms with E-state index in [0.29, 0.717) is 5.92 Å². The van der Waals surface area contributed by atoms with Crippen molar-refractivity contribution in [2.24, 2.45) is 0 Å². The normalized spacial score (nSPS) is 15.4. The fourth-order valence-electron chi connectivity index (χ4n) is 2.41. The Morgan fingerprint density at radius 2 is 2.18 bits per heavy atom. The molecular formula is C15H18N2. The lowest BCUT2D eigenvalue weighted by molar-refractivity contribution is 0.923. The molecule has 2 heteroatoms. The first kappa shape index (κ1) is 10.6. The van der Waals surface area contributed by atoms with E-state index >= 15 is 0 Å². The SMILES string of the molecule is CCCc1cccc2c(N)cc(C3CC3)nc12. The summed E-state index contributed by atoms with van der Waals surface area (Å²) in [7, 11) is 0. The molecule has 1 aromatic heterocycles. The first-order chi connectivity index (χ1) is 8.29. The van der Waals surface area contributed by atoms with Crippen molar-refractivity contribution in [2.45, 2.75) is 38.5 Å². The minimum Gasteiger partial charge on any atom is -0.398 e. The van der Waals surface area contributed by atoms with Crippen LogP contribution in [0.2, 0.25) is 0 Å². The van der Waals surface area contributed by atoms with E-state index in [2.05, 4.69) is 31.2 Å². The van der Waals surface area contributed by atoms with E-state index in [-0.39, 0.29) is 0 Å². The summed E-state index contributed by atoms with van der Waals surface area (Å²) >= 11 is 0. The second-order valence-electron chi connectivity index (χ2n) is 4.97. The molecular weight excluding hydrogens is 208 g/mol. The van der Waals surface area contributed by atoms with E-state index < -0.39 is 0 Å². The highest BCUT2D eigenvalue weighted by molar-refractivity contribution is 5.92. The number of aromatic nitrogens is 1. The van der Waals surface area contributed by atoms with E-state index in [9.17, 15) is 0 Å². The van der Waals surface area contributed by atoms with Gasteiger partial charge in [-0.05, 0) is 30.9 Å².